The van der Waals surface area contributed by atoms with E-state index >= 15 is 0 Å². The van der Waals surface area contributed by atoms with Gasteiger partial charge in [-0.05, 0) is 13.8 Å². The number of hydrogen-bond acceptors (Lipinski definition) is 3. The average Bonchev–Trinajstić information content (AvgIpc) is 2.02. The number of halogens is 1. The highest BCUT2D eigenvalue weighted by molar-refractivity contribution is 7.51. The fourth-order valence-electron chi connectivity index (χ4n) is 0.648. The van der Waals surface area contributed by atoms with E-state index < -0.39 is 7.75 Å². The van der Waals surface area contributed by atoms with E-state index in [0.717, 1.165) is 0 Å². The molecule has 12 heavy (non-hydrogen) atoms. The Bertz CT molecular complexity index is 146. The van der Waals surface area contributed by atoms with Crippen LogP contribution >= 0.6 is 19.3 Å². The third-order valence-electron chi connectivity index (χ3n) is 0.998. The third-order valence-corrected chi connectivity index (χ3v) is 2.99. The zero-order valence-electron chi connectivity index (χ0n) is 7.38. The van der Waals surface area contributed by atoms with Crippen LogP contribution < -0.4 is 5.09 Å². The Balaban J connectivity index is 3.90. The van der Waals surface area contributed by atoms with E-state index in [-0.39, 0.29) is 0 Å². The minimum absolute atomic E-state index is 0.354. The standard InChI is InChI=1S/C6H15ClNO3P/c1-3-10-12(9,11-4-2)8-6-5-7/h3-6H2,1-2H3,(H,8,9). The zero-order chi connectivity index (χ0) is 9.45. The molecule has 0 unspecified atom stereocenters. The summed E-state index contributed by atoms with van der Waals surface area (Å²) in [5.74, 6) is 0.379. The minimum Gasteiger partial charge on any atom is -0.297 e. The number of nitrogens with one attached hydrogen (secondary N) is 1. The maximum atomic E-state index is 11.6. The van der Waals surface area contributed by atoms with Crippen molar-refractivity contribution in [1.29, 1.82) is 0 Å². The third kappa shape index (κ3) is 5.12. The second-order valence-electron chi connectivity index (χ2n) is 1.93. The first-order valence-corrected chi connectivity index (χ1v) is 5.96. The lowest BCUT2D eigenvalue weighted by molar-refractivity contribution is 0.211. The first kappa shape index (κ1) is 12.4. The molecule has 0 radical (unpaired) electrons. The van der Waals surface area contributed by atoms with E-state index in [2.05, 4.69) is 5.09 Å². The van der Waals surface area contributed by atoms with Gasteiger partial charge in [0.1, 0.15) is 0 Å². The molecule has 0 atom stereocenters. The van der Waals surface area contributed by atoms with E-state index in [1.807, 2.05) is 0 Å². The highest BCUT2D eigenvalue weighted by Gasteiger charge is 2.21. The van der Waals surface area contributed by atoms with E-state index in [1.54, 1.807) is 13.8 Å². The van der Waals surface area contributed by atoms with Gasteiger partial charge in [0, 0.05) is 12.4 Å². The monoisotopic (exact) mass is 215 g/mol. The fraction of sp³-hybridized carbons (Fsp3) is 1.00. The molecule has 0 saturated carbocycles. The van der Waals surface area contributed by atoms with Gasteiger partial charge < -0.3 is 0 Å². The van der Waals surface area contributed by atoms with Gasteiger partial charge in [0.2, 0.25) is 0 Å². The van der Waals surface area contributed by atoms with Crippen LogP contribution in [0.4, 0.5) is 0 Å². The van der Waals surface area contributed by atoms with Crippen molar-refractivity contribution in [1.82, 2.24) is 5.09 Å². The lowest BCUT2D eigenvalue weighted by Gasteiger charge is -2.16. The summed E-state index contributed by atoms with van der Waals surface area (Å²) in [4.78, 5) is 0. The van der Waals surface area contributed by atoms with Crippen LogP contribution in [-0.2, 0) is 13.6 Å². The van der Waals surface area contributed by atoms with Crippen molar-refractivity contribution in [3.63, 3.8) is 0 Å². The Kier molecular flexibility index (Phi) is 7.10. The molecule has 4 nitrogen and oxygen atoms in total. The molecule has 0 aliphatic carbocycles. The van der Waals surface area contributed by atoms with Gasteiger partial charge in [0.25, 0.3) is 0 Å². The molecule has 0 aromatic carbocycles. The van der Waals surface area contributed by atoms with E-state index in [4.69, 9.17) is 20.6 Å². The predicted molar refractivity (Wildman–Crippen MR) is 49.6 cm³/mol. The van der Waals surface area contributed by atoms with Gasteiger partial charge in [-0.2, -0.15) is 0 Å². The van der Waals surface area contributed by atoms with Crippen molar-refractivity contribution in [2.45, 2.75) is 13.8 Å². The molecule has 74 valence electrons. The maximum absolute atomic E-state index is 11.6. The van der Waals surface area contributed by atoms with Crippen molar-refractivity contribution in [2.24, 2.45) is 0 Å². The summed E-state index contributed by atoms with van der Waals surface area (Å²) < 4.78 is 21.4. The molecule has 0 spiro atoms. The Hall–Kier alpha value is 0.400. The molecule has 0 amide bonds. The van der Waals surface area contributed by atoms with Crippen LogP contribution in [0.1, 0.15) is 13.8 Å². The van der Waals surface area contributed by atoms with Gasteiger partial charge in [-0.1, -0.05) is 0 Å². The number of hydrogen-bond donors (Lipinski definition) is 1. The molecule has 1 N–H and O–H groups in total. The molecule has 0 bridgehead atoms. The highest BCUT2D eigenvalue weighted by atomic mass is 35.5. The van der Waals surface area contributed by atoms with Crippen LogP contribution in [-0.4, -0.2) is 25.6 Å². The topological polar surface area (TPSA) is 47.6 Å². The van der Waals surface area contributed by atoms with Crippen molar-refractivity contribution in [3.05, 3.63) is 0 Å². The summed E-state index contributed by atoms with van der Waals surface area (Å²) in [6.07, 6.45) is 0. The Morgan fingerprint density at radius 3 is 2.17 bits per heavy atom. The molecule has 0 aromatic heterocycles. The lowest BCUT2D eigenvalue weighted by atomic mass is 10.8. The van der Waals surface area contributed by atoms with Crippen LogP contribution in [0, 0.1) is 0 Å². The van der Waals surface area contributed by atoms with Crippen molar-refractivity contribution >= 4 is 19.3 Å². The molecule has 6 heteroatoms. The van der Waals surface area contributed by atoms with Crippen molar-refractivity contribution in [3.8, 4) is 0 Å². The summed E-state index contributed by atoms with van der Waals surface area (Å²) in [6, 6.07) is 0. The smallest absolute Gasteiger partial charge is 0.297 e. The second kappa shape index (κ2) is 6.87. The number of rotatable bonds is 7. The molecule has 0 rings (SSSR count). The van der Waals surface area contributed by atoms with Gasteiger partial charge in [-0.3, -0.25) is 9.05 Å². The summed E-state index contributed by atoms with van der Waals surface area (Å²) in [5.41, 5.74) is 0. The van der Waals surface area contributed by atoms with Gasteiger partial charge in [-0.25, -0.2) is 9.65 Å². The Morgan fingerprint density at radius 1 is 1.33 bits per heavy atom. The quantitative estimate of drug-likeness (QED) is 0.521. The number of alkyl halides is 1. The predicted octanol–water partition coefficient (Wildman–Crippen LogP) is 2.00. The van der Waals surface area contributed by atoms with Gasteiger partial charge in [-0.15, -0.1) is 11.6 Å². The first-order chi connectivity index (χ1) is 5.68. The Labute approximate surface area is 78.2 Å². The van der Waals surface area contributed by atoms with Crippen LogP contribution in [0.2, 0.25) is 0 Å². The van der Waals surface area contributed by atoms with Crippen LogP contribution in [0.3, 0.4) is 0 Å². The maximum Gasteiger partial charge on any atom is 0.405 e. The highest BCUT2D eigenvalue weighted by Crippen LogP contribution is 2.42. The van der Waals surface area contributed by atoms with Crippen LogP contribution in [0.5, 0.6) is 0 Å². The average molecular weight is 216 g/mol. The fourth-order valence-corrected chi connectivity index (χ4v) is 2.20. The molecule has 0 saturated heterocycles. The summed E-state index contributed by atoms with van der Waals surface area (Å²) in [5, 5.41) is 2.63. The molecule has 0 fully saturated rings. The van der Waals surface area contributed by atoms with Gasteiger partial charge in [0.15, 0.2) is 0 Å². The van der Waals surface area contributed by atoms with Gasteiger partial charge in [0.05, 0.1) is 13.2 Å². The second-order valence-corrected chi connectivity index (χ2v) is 4.14. The zero-order valence-corrected chi connectivity index (χ0v) is 9.03. The summed E-state index contributed by atoms with van der Waals surface area (Å²) in [6.45, 7) is 4.64. The Morgan fingerprint density at radius 2 is 1.83 bits per heavy atom. The van der Waals surface area contributed by atoms with Gasteiger partial charge >= 0.3 is 7.75 Å². The van der Waals surface area contributed by atoms with E-state index in [0.29, 0.717) is 25.6 Å². The molecular weight excluding hydrogens is 200 g/mol. The molecule has 0 aromatic rings. The first-order valence-electron chi connectivity index (χ1n) is 3.88. The van der Waals surface area contributed by atoms with E-state index in [9.17, 15) is 4.57 Å². The van der Waals surface area contributed by atoms with Crippen LogP contribution in [0.25, 0.3) is 0 Å². The van der Waals surface area contributed by atoms with Crippen molar-refractivity contribution < 1.29 is 13.6 Å². The molecular formula is C6H15ClNO3P. The summed E-state index contributed by atoms with van der Waals surface area (Å²) >= 11 is 5.41. The molecule has 0 aliphatic rings. The van der Waals surface area contributed by atoms with E-state index in [1.165, 1.54) is 0 Å². The van der Waals surface area contributed by atoms with Crippen molar-refractivity contribution in [2.75, 3.05) is 25.6 Å². The minimum atomic E-state index is -3.07. The molecule has 0 heterocycles. The largest absolute Gasteiger partial charge is 0.405 e. The van der Waals surface area contributed by atoms with Crippen LogP contribution in [0.15, 0.2) is 0 Å². The SMILES string of the molecule is CCOP(=O)(NCCCl)OCC. The molecule has 0 aliphatic heterocycles. The summed E-state index contributed by atoms with van der Waals surface area (Å²) in [7, 11) is -3.07. The lowest BCUT2D eigenvalue weighted by Crippen LogP contribution is -2.17. The normalized spacial score (nSPS) is 11.9.